The maximum absolute atomic E-state index is 13.4. The Bertz CT molecular complexity index is 865. The highest BCUT2D eigenvalue weighted by Crippen LogP contribution is 2.40. The van der Waals surface area contributed by atoms with Crippen molar-refractivity contribution in [3.05, 3.63) is 17.7 Å². The van der Waals surface area contributed by atoms with Gasteiger partial charge in [0.25, 0.3) is 5.91 Å². The molecule has 0 unspecified atom stereocenters. The number of benzene rings is 1. The van der Waals surface area contributed by atoms with Crippen LogP contribution >= 0.6 is 0 Å². The average molecular weight is 717 g/mol. The van der Waals surface area contributed by atoms with Gasteiger partial charge in [0, 0.05) is 12.1 Å². The number of amides is 1. The van der Waals surface area contributed by atoms with Gasteiger partial charge in [0.1, 0.15) is 0 Å². The molecule has 1 amide bonds. The highest BCUT2D eigenvalue weighted by atomic mass is 16.5. The number of hydrogen-bond donors (Lipinski definition) is 2. The Hall–Kier alpha value is -1.95. The Balaban J connectivity index is 2.91. The van der Waals surface area contributed by atoms with E-state index in [2.05, 4.69) is 26.1 Å². The maximum Gasteiger partial charge on any atom is 0.251 e. The lowest BCUT2D eigenvalue weighted by Gasteiger charge is -2.19. The number of nitrogens with two attached hydrogens (primary N) is 1. The highest BCUT2D eigenvalue weighted by Gasteiger charge is 2.19. The molecule has 51 heavy (non-hydrogen) atoms. The second-order valence-corrected chi connectivity index (χ2v) is 14.9. The maximum atomic E-state index is 13.4. The van der Waals surface area contributed by atoms with Gasteiger partial charge in [-0.3, -0.25) is 4.79 Å². The minimum atomic E-state index is -0.0680. The van der Waals surface area contributed by atoms with Gasteiger partial charge in [-0.25, -0.2) is 0 Å². The lowest BCUT2D eigenvalue weighted by atomic mass is 10.1. The molecule has 0 fully saturated rings. The van der Waals surface area contributed by atoms with Crippen LogP contribution < -0.4 is 25.3 Å². The summed E-state index contributed by atoms with van der Waals surface area (Å²) in [7, 11) is 0. The fourth-order valence-corrected chi connectivity index (χ4v) is 6.59. The molecule has 0 atom stereocenters. The SMILES string of the molecule is CCCCCCCCCCOc1cc(C(=O)NCCCCCCCCN)cc(OCCCCCCCCCC)c1OCCCCCCCCCC. The molecular weight excluding hydrogens is 633 g/mol. The van der Waals surface area contributed by atoms with Crippen LogP contribution in [0.1, 0.15) is 224 Å². The molecule has 3 N–H and O–H groups in total. The Morgan fingerprint density at radius 2 is 0.804 bits per heavy atom. The Labute approximate surface area is 316 Å². The van der Waals surface area contributed by atoms with Gasteiger partial charge >= 0.3 is 0 Å². The van der Waals surface area contributed by atoms with Crippen molar-refractivity contribution >= 4 is 5.91 Å². The monoisotopic (exact) mass is 717 g/mol. The molecule has 0 radical (unpaired) electrons. The summed E-state index contributed by atoms with van der Waals surface area (Å²) < 4.78 is 19.3. The largest absolute Gasteiger partial charge is 0.490 e. The van der Waals surface area contributed by atoms with Crippen LogP contribution in [-0.4, -0.2) is 38.8 Å². The molecule has 0 saturated carbocycles. The zero-order valence-electron chi connectivity index (χ0n) is 34.1. The number of carbonyl (C=O) groups excluding carboxylic acids is 1. The standard InChI is InChI=1S/C45H84N2O4/c1-4-7-10-13-16-21-26-31-36-49-42-39-41(45(48)47-35-30-25-20-19-24-29-34-46)40-43(50-37-32-27-22-17-14-11-8-5-2)44(42)51-38-33-28-23-18-15-12-9-6-3/h39-40H,4-38,46H2,1-3H3,(H,47,48). The molecule has 0 aromatic heterocycles. The van der Waals surface area contributed by atoms with Gasteiger partial charge in [0.2, 0.25) is 5.75 Å². The molecule has 0 aliphatic heterocycles. The van der Waals surface area contributed by atoms with Gasteiger partial charge in [-0.05, 0) is 50.8 Å². The van der Waals surface area contributed by atoms with E-state index in [9.17, 15) is 4.79 Å². The zero-order chi connectivity index (χ0) is 36.9. The van der Waals surface area contributed by atoms with E-state index in [1.807, 2.05) is 12.1 Å². The fourth-order valence-electron chi connectivity index (χ4n) is 6.59. The number of carbonyl (C=O) groups is 1. The first kappa shape index (κ1) is 47.1. The Kier molecular flexibility index (Phi) is 33.6. The summed E-state index contributed by atoms with van der Waals surface area (Å²) in [5.41, 5.74) is 6.22. The molecule has 0 aliphatic carbocycles. The van der Waals surface area contributed by atoms with E-state index in [4.69, 9.17) is 19.9 Å². The van der Waals surface area contributed by atoms with Crippen molar-refractivity contribution in [3.63, 3.8) is 0 Å². The minimum absolute atomic E-state index is 0.0680. The lowest BCUT2D eigenvalue weighted by molar-refractivity contribution is 0.0951. The molecule has 0 aliphatic rings. The zero-order valence-corrected chi connectivity index (χ0v) is 34.1. The second kappa shape index (κ2) is 36.4. The van der Waals surface area contributed by atoms with Crippen molar-refractivity contribution in [2.75, 3.05) is 32.9 Å². The van der Waals surface area contributed by atoms with E-state index in [1.165, 1.54) is 141 Å². The number of ether oxygens (including phenoxy) is 3. The summed E-state index contributed by atoms with van der Waals surface area (Å²) in [6.07, 6.45) is 36.9. The first-order valence-corrected chi connectivity index (χ1v) is 22.2. The quantitative estimate of drug-likeness (QED) is 0.0663. The van der Waals surface area contributed by atoms with E-state index in [0.29, 0.717) is 49.2 Å². The Morgan fingerprint density at radius 3 is 1.20 bits per heavy atom. The molecular formula is C45H84N2O4. The summed E-state index contributed by atoms with van der Waals surface area (Å²) >= 11 is 0. The molecule has 0 bridgehead atoms. The van der Waals surface area contributed by atoms with Crippen molar-refractivity contribution in [1.82, 2.24) is 5.32 Å². The smallest absolute Gasteiger partial charge is 0.251 e. The minimum Gasteiger partial charge on any atom is -0.490 e. The number of unbranched alkanes of at least 4 members (excludes halogenated alkanes) is 26. The topological polar surface area (TPSA) is 82.8 Å². The van der Waals surface area contributed by atoms with Crippen molar-refractivity contribution < 1.29 is 19.0 Å². The van der Waals surface area contributed by atoms with Gasteiger partial charge < -0.3 is 25.3 Å². The normalized spacial score (nSPS) is 11.2. The van der Waals surface area contributed by atoms with Gasteiger partial charge in [0.15, 0.2) is 11.5 Å². The van der Waals surface area contributed by atoms with Crippen molar-refractivity contribution in [2.24, 2.45) is 5.73 Å². The summed E-state index contributed by atoms with van der Waals surface area (Å²) in [6.45, 7) is 10.1. The molecule has 0 saturated heterocycles. The van der Waals surface area contributed by atoms with Crippen LogP contribution in [0.2, 0.25) is 0 Å². The van der Waals surface area contributed by atoms with E-state index >= 15 is 0 Å². The van der Waals surface area contributed by atoms with E-state index in [-0.39, 0.29) is 5.91 Å². The molecule has 0 spiro atoms. The Morgan fingerprint density at radius 1 is 0.471 bits per heavy atom. The molecule has 1 aromatic carbocycles. The van der Waals surface area contributed by atoms with E-state index in [0.717, 1.165) is 57.9 Å². The lowest BCUT2D eigenvalue weighted by Crippen LogP contribution is -2.24. The van der Waals surface area contributed by atoms with Gasteiger partial charge in [-0.1, -0.05) is 181 Å². The van der Waals surface area contributed by atoms with Crippen molar-refractivity contribution in [2.45, 2.75) is 213 Å². The third-order valence-electron chi connectivity index (χ3n) is 9.95. The molecule has 6 heteroatoms. The number of hydrogen-bond acceptors (Lipinski definition) is 5. The first-order chi connectivity index (χ1) is 25.2. The average Bonchev–Trinajstić information content (AvgIpc) is 3.14. The van der Waals surface area contributed by atoms with Gasteiger partial charge in [0.05, 0.1) is 19.8 Å². The first-order valence-electron chi connectivity index (χ1n) is 22.2. The van der Waals surface area contributed by atoms with Crippen molar-refractivity contribution in [1.29, 1.82) is 0 Å². The van der Waals surface area contributed by atoms with Crippen LogP contribution in [0.5, 0.6) is 17.2 Å². The van der Waals surface area contributed by atoms with E-state index < -0.39 is 0 Å². The second-order valence-electron chi connectivity index (χ2n) is 14.9. The number of rotatable bonds is 39. The molecule has 1 rings (SSSR count). The molecule has 0 heterocycles. The highest BCUT2D eigenvalue weighted by molar-refractivity contribution is 5.95. The van der Waals surface area contributed by atoms with Crippen LogP contribution in [0.25, 0.3) is 0 Å². The third kappa shape index (κ3) is 27.3. The van der Waals surface area contributed by atoms with Crippen LogP contribution in [0.15, 0.2) is 12.1 Å². The third-order valence-corrected chi connectivity index (χ3v) is 9.95. The molecule has 6 nitrogen and oxygen atoms in total. The summed E-state index contributed by atoms with van der Waals surface area (Å²) in [5, 5.41) is 3.16. The summed E-state index contributed by atoms with van der Waals surface area (Å²) in [6, 6.07) is 3.78. The molecule has 1 aromatic rings. The van der Waals surface area contributed by atoms with Crippen LogP contribution in [0.4, 0.5) is 0 Å². The predicted molar refractivity (Wildman–Crippen MR) is 220 cm³/mol. The number of nitrogens with one attached hydrogen (secondary N) is 1. The van der Waals surface area contributed by atoms with Crippen LogP contribution in [-0.2, 0) is 0 Å². The van der Waals surface area contributed by atoms with Crippen LogP contribution in [0, 0.1) is 0 Å². The van der Waals surface area contributed by atoms with Crippen LogP contribution in [0.3, 0.4) is 0 Å². The van der Waals surface area contributed by atoms with Crippen molar-refractivity contribution in [3.8, 4) is 17.2 Å². The fraction of sp³-hybridized carbons (Fsp3) is 0.844. The molecule has 298 valence electrons. The summed E-state index contributed by atoms with van der Waals surface area (Å²) in [4.78, 5) is 13.4. The van der Waals surface area contributed by atoms with E-state index in [1.54, 1.807) is 0 Å². The van der Waals surface area contributed by atoms with Gasteiger partial charge in [-0.2, -0.15) is 0 Å². The predicted octanol–water partition coefficient (Wildman–Crippen LogP) is 13.3. The summed E-state index contributed by atoms with van der Waals surface area (Å²) in [5.74, 6) is 1.90. The van der Waals surface area contributed by atoms with Gasteiger partial charge in [-0.15, -0.1) is 0 Å².